The Labute approximate surface area is 144 Å². The van der Waals surface area contributed by atoms with Crippen LogP contribution in [0.15, 0.2) is 17.5 Å². The minimum Gasteiger partial charge on any atom is -0.476 e. The van der Waals surface area contributed by atoms with Gasteiger partial charge in [0, 0.05) is 18.0 Å². The van der Waals surface area contributed by atoms with Crippen LogP contribution < -0.4 is 4.74 Å². The Morgan fingerprint density at radius 1 is 1.30 bits per heavy atom. The second-order valence-corrected chi connectivity index (χ2v) is 7.92. The maximum absolute atomic E-state index is 10.0. The molecule has 5 nitrogen and oxygen atoms in total. The molecule has 2 saturated heterocycles. The predicted molar refractivity (Wildman–Crippen MR) is 91.1 cm³/mol. The fraction of sp³-hybridized carbons (Fsp3) is 0.625. The van der Waals surface area contributed by atoms with Crippen LogP contribution in [0.25, 0.3) is 0 Å². The Hall–Kier alpha value is -1.02. The third kappa shape index (κ3) is 3.28. The molecule has 2 fully saturated rings. The summed E-state index contributed by atoms with van der Waals surface area (Å²) in [4.78, 5) is 3.74. The van der Waals surface area contributed by atoms with E-state index in [0.717, 1.165) is 44.5 Å². The molecule has 4 atom stereocenters. The van der Waals surface area contributed by atoms with Gasteiger partial charge in [0.1, 0.15) is 5.69 Å². The molecule has 4 rings (SSSR count). The molecule has 2 aromatic heterocycles. The molecule has 23 heavy (non-hydrogen) atoms. The molecule has 0 radical (unpaired) electrons. The lowest BCUT2D eigenvalue weighted by atomic mass is 9.93. The molecule has 0 aromatic carbocycles. The van der Waals surface area contributed by atoms with E-state index >= 15 is 0 Å². The molecule has 0 spiro atoms. The molecule has 0 amide bonds. The highest BCUT2D eigenvalue weighted by molar-refractivity contribution is 7.09. The van der Waals surface area contributed by atoms with Crippen LogP contribution in [0, 0.1) is 5.92 Å². The largest absolute Gasteiger partial charge is 0.476 e. The zero-order valence-corrected chi connectivity index (χ0v) is 14.6. The first-order valence-corrected chi connectivity index (χ1v) is 9.82. The third-order valence-corrected chi connectivity index (χ3v) is 6.33. The lowest BCUT2D eigenvalue weighted by Gasteiger charge is -2.30. The van der Waals surface area contributed by atoms with Gasteiger partial charge in [0.05, 0.1) is 30.5 Å². The van der Waals surface area contributed by atoms with E-state index in [1.807, 2.05) is 0 Å². The highest BCUT2D eigenvalue weighted by Gasteiger charge is 2.42. The van der Waals surface area contributed by atoms with Crippen molar-refractivity contribution in [1.82, 2.24) is 13.6 Å². The summed E-state index contributed by atoms with van der Waals surface area (Å²) in [6.07, 6.45) is 3.97. The standard InChI is InChI=1S/C16H21N3O2S2/c20-14-10-19-9-11(14)5-6-13(19)15-16(18-23-17-15)21-7-1-3-12-4-2-8-22-12/h2,4,8,11,13-14,20H,1,3,5-7,9-10H2. The fourth-order valence-corrected chi connectivity index (χ4v) is 4.95. The maximum Gasteiger partial charge on any atom is 0.250 e. The number of aliphatic hydroxyl groups is 1. The van der Waals surface area contributed by atoms with Gasteiger partial charge in [0.25, 0.3) is 5.88 Å². The van der Waals surface area contributed by atoms with Gasteiger partial charge in [0.15, 0.2) is 0 Å². The molecule has 2 aromatic rings. The van der Waals surface area contributed by atoms with Crippen LogP contribution in [-0.2, 0) is 6.42 Å². The molecule has 1 N–H and O–H groups in total. The van der Waals surface area contributed by atoms with Crippen LogP contribution >= 0.6 is 23.1 Å². The van der Waals surface area contributed by atoms with E-state index < -0.39 is 0 Å². The van der Waals surface area contributed by atoms with E-state index in [9.17, 15) is 5.11 Å². The summed E-state index contributed by atoms with van der Waals surface area (Å²) in [6, 6.07) is 4.51. The number of hydrogen-bond acceptors (Lipinski definition) is 7. The summed E-state index contributed by atoms with van der Waals surface area (Å²) in [5.74, 6) is 1.14. The van der Waals surface area contributed by atoms with E-state index in [4.69, 9.17) is 4.74 Å². The summed E-state index contributed by atoms with van der Waals surface area (Å²) in [6.45, 7) is 2.40. The molecule has 4 heterocycles. The van der Waals surface area contributed by atoms with Crippen molar-refractivity contribution >= 4 is 23.1 Å². The lowest BCUT2D eigenvalue weighted by Crippen LogP contribution is -2.31. The summed E-state index contributed by atoms with van der Waals surface area (Å²) in [7, 11) is 0. The quantitative estimate of drug-likeness (QED) is 0.811. The van der Waals surface area contributed by atoms with Crippen molar-refractivity contribution in [3.05, 3.63) is 28.1 Å². The first kappa shape index (κ1) is 15.5. The van der Waals surface area contributed by atoms with Crippen molar-refractivity contribution in [2.45, 2.75) is 37.8 Å². The Morgan fingerprint density at radius 2 is 2.26 bits per heavy atom. The zero-order chi connectivity index (χ0) is 15.6. The molecule has 0 saturated carbocycles. The number of aryl methyl sites for hydroxylation is 1. The highest BCUT2D eigenvalue weighted by Crippen LogP contribution is 2.41. The van der Waals surface area contributed by atoms with Gasteiger partial charge in [0.2, 0.25) is 0 Å². The molecule has 2 aliphatic rings. The van der Waals surface area contributed by atoms with Gasteiger partial charge >= 0.3 is 0 Å². The van der Waals surface area contributed by atoms with Crippen molar-refractivity contribution in [2.24, 2.45) is 5.92 Å². The topological polar surface area (TPSA) is 58.5 Å². The molecule has 2 bridgehead atoms. The zero-order valence-electron chi connectivity index (χ0n) is 12.9. The number of fused-ring (bicyclic) bond motifs is 2. The van der Waals surface area contributed by atoms with Crippen molar-refractivity contribution in [3.8, 4) is 5.88 Å². The average Bonchev–Trinajstić information content (AvgIpc) is 3.27. The van der Waals surface area contributed by atoms with Crippen LogP contribution in [0.3, 0.4) is 0 Å². The summed E-state index contributed by atoms with van der Waals surface area (Å²) in [5.41, 5.74) is 0.971. The maximum atomic E-state index is 10.0. The Kier molecular flexibility index (Phi) is 4.61. The van der Waals surface area contributed by atoms with Crippen LogP contribution in [0.1, 0.15) is 35.9 Å². The monoisotopic (exact) mass is 351 g/mol. The van der Waals surface area contributed by atoms with Crippen LogP contribution in [0.2, 0.25) is 0 Å². The van der Waals surface area contributed by atoms with E-state index in [0.29, 0.717) is 18.4 Å². The summed E-state index contributed by atoms with van der Waals surface area (Å²) in [5, 5.41) is 12.2. The number of ether oxygens (including phenoxy) is 1. The second kappa shape index (κ2) is 6.84. The molecule has 4 unspecified atom stereocenters. The SMILES string of the molecule is OC1CN2CC1CCC2c1nsnc1OCCCc1cccs1. The van der Waals surface area contributed by atoms with Crippen molar-refractivity contribution in [3.63, 3.8) is 0 Å². The normalized spacial score (nSPS) is 29.8. The molecule has 7 heteroatoms. The van der Waals surface area contributed by atoms with Crippen LogP contribution in [-0.4, -0.2) is 44.6 Å². The number of rotatable bonds is 6. The first-order valence-electron chi connectivity index (χ1n) is 8.21. The van der Waals surface area contributed by atoms with Crippen molar-refractivity contribution < 1.29 is 9.84 Å². The minimum absolute atomic E-state index is 0.179. The van der Waals surface area contributed by atoms with E-state index in [1.54, 1.807) is 11.3 Å². The second-order valence-electron chi connectivity index (χ2n) is 6.36. The van der Waals surface area contributed by atoms with Gasteiger partial charge < -0.3 is 9.84 Å². The first-order chi connectivity index (χ1) is 11.3. The molecule has 0 aliphatic carbocycles. The highest BCUT2D eigenvalue weighted by atomic mass is 32.1. The lowest BCUT2D eigenvalue weighted by molar-refractivity contribution is 0.144. The van der Waals surface area contributed by atoms with Gasteiger partial charge in [-0.3, -0.25) is 4.90 Å². The van der Waals surface area contributed by atoms with Gasteiger partial charge in [-0.1, -0.05) is 6.07 Å². The van der Waals surface area contributed by atoms with Gasteiger partial charge in [-0.25, -0.2) is 0 Å². The van der Waals surface area contributed by atoms with E-state index in [-0.39, 0.29) is 12.1 Å². The molecule has 2 aliphatic heterocycles. The number of thiophene rings is 1. The number of hydrogen-bond donors (Lipinski definition) is 1. The number of piperidine rings is 1. The minimum atomic E-state index is -0.179. The van der Waals surface area contributed by atoms with Crippen LogP contribution in [0.4, 0.5) is 0 Å². The summed E-state index contributed by atoms with van der Waals surface area (Å²) < 4.78 is 14.8. The number of aliphatic hydroxyl groups excluding tert-OH is 1. The van der Waals surface area contributed by atoms with Crippen molar-refractivity contribution in [1.29, 1.82) is 0 Å². The fourth-order valence-electron chi connectivity index (χ4n) is 3.65. The van der Waals surface area contributed by atoms with Gasteiger partial charge in [-0.05, 0) is 43.0 Å². The van der Waals surface area contributed by atoms with E-state index in [1.165, 1.54) is 16.6 Å². The molecular weight excluding hydrogens is 330 g/mol. The number of aromatic nitrogens is 2. The van der Waals surface area contributed by atoms with Gasteiger partial charge in [-0.2, -0.15) is 4.37 Å². The Bertz CT molecular complexity index is 629. The molecular formula is C16H21N3O2S2. The average molecular weight is 351 g/mol. The predicted octanol–water partition coefficient (Wildman–Crippen LogP) is 2.74. The third-order valence-electron chi connectivity index (χ3n) is 4.87. The van der Waals surface area contributed by atoms with Gasteiger partial charge in [-0.15, -0.1) is 15.7 Å². The Morgan fingerprint density at radius 3 is 3.13 bits per heavy atom. The summed E-state index contributed by atoms with van der Waals surface area (Å²) >= 11 is 3.02. The molecule has 124 valence electrons. The van der Waals surface area contributed by atoms with E-state index in [2.05, 4.69) is 31.2 Å². The van der Waals surface area contributed by atoms with Crippen molar-refractivity contribution in [2.75, 3.05) is 19.7 Å². The smallest absolute Gasteiger partial charge is 0.250 e. The van der Waals surface area contributed by atoms with Crippen LogP contribution in [0.5, 0.6) is 5.88 Å². The number of nitrogens with zero attached hydrogens (tertiary/aromatic N) is 3. The Balaban J connectivity index is 1.35.